The molecule has 0 aliphatic heterocycles. The lowest BCUT2D eigenvalue weighted by atomic mass is 10.4. The maximum atomic E-state index is 8.13. The highest BCUT2D eigenvalue weighted by Crippen LogP contribution is 2.14. The molecule has 0 fully saturated rings. The van der Waals surface area contributed by atoms with E-state index in [0.717, 1.165) is 24.7 Å². The number of rotatable bonds is 3. The summed E-state index contributed by atoms with van der Waals surface area (Å²) in [6, 6.07) is -0.626. The second kappa shape index (κ2) is 3.84. The summed E-state index contributed by atoms with van der Waals surface area (Å²) in [6.45, 7) is -5.00. The summed E-state index contributed by atoms with van der Waals surface area (Å²) in [6.07, 6.45) is 1.07. The Morgan fingerprint density at radius 1 is 1.60 bits per heavy atom. The maximum Gasteiger partial charge on any atom is 0.254 e. The molecule has 0 saturated heterocycles. The van der Waals surface area contributed by atoms with E-state index in [1.165, 1.54) is 0 Å². The van der Waals surface area contributed by atoms with Crippen LogP contribution < -0.4 is 4.90 Å². The average molecular weight is 213 g/mol. The molecule has 0 saturated carbocycles. The molecular weight excluding hydrogens is 190 g/mol. The second-order valence-electron chi connectivity index (χ2n) is 2.66. The van der Waals surface area contributed by atoms with Crippen molar-refractivity contribution in [3.63, 3.8) is 0 Å². The summed E-state index contributed by atoms with van der Waals surface area (Å²) in [7, 11) is 0. The molecule has 0 aliphatic rings. The van der Waals surface area contributed by atoms with Crippen LogP contribution in [0.1, 0.15) is 30.5 Å². The Morgan fingerprint density at radius 3 is 3.07 bits per heavy atom. The molecule has 0 N–H and O–H groups in total. The molecule has 0 aromatic carbocycles. The van der Waals surface area contributed by atoms with Crippen molar-refractivity contribution < 1.29 is 11.0 Å². The highest BCUT2D eigenvalue weighted by Gasteiger charge is 2.09. The van der Waals surface area contributed by atoms with Crippen LogP contribution in [0.2, 0.25) is 0 Å². The van der Waals surface area contributed by atoms with Crippen LogP contribution in [0.25, 0.3) is 5.78 Å². The van der Waals surface area contributed by atoms with Gasteiger partial charge in [0.15, 0.2) is 0 Å². The van der Waals surface area contributed by atoms with Gasteiger partial charge in [-0.15, -0.1) is 0 Å². The Hall–Kier alpha value is -1.65. The van der Waals surface area contributed by atoms with Crippen LogP contribution in [-0.4, -0.2) is 32.6 Å². The van der Waals surface area contributed by atoms with Gasteiger partial charge in [0, 0.05) is 34.3 Å². The first kappa shape index (κ1) is 4.08. The summed E-state index contributed by atoms with van der Waals surface area (Å²) in [5.74, 6) is -0.515. The van der Waals surface area contributed by atoms with Crippen molar-refractivity contribution in [2.45, 2.75) is 20.7 Å². The first-order valence-electron chi connectivity index (χ1n) is 8.26. The largest absolute Gasteiger partial charge is 0.357 e. The molecule has 0 aliphatic carbocycles. The second-order valence-corrected chi connectivity index (χ2v) is 2.66. The summed E-state index contributed by atoms with van der Waals surface area (Å²) < 4.78 is 63.0. The lowest BCUT2D eigenvalue weighted by molar-refractivity contribution is 0.796. The minimum atomic E-state index is -2.73. The number of hydrogen-bond donors (Lipinski definition) is 0. The van der Waals surface area contributed by atoms with Gasteiger partial charge in [-0.3, -0.25) is 0 Å². The van der Waals surface area contributed by atoms with Crippen molar-refractivity contribution in [1.29, 1.82) is 0 Å². The van der Waals surface area contributed by atoms with E-state index in [-0.39, 0.29) is 11.6 Å². The molecule has 0 atom stereocenters. The number of aryl methyl sites for hydroxylation is 1. The SMILES string of the molecule is [2H]c1c(C([2H])([2H])[2H])nc2ncnn2c1N(C([2H])([2H])C)C([2H])([2H])C. The standard InChI is InChI=1S/C10H15N5/c1-4-14(5-2)9-6-8(3)13-10-11-7-12-15(9)10/h6-7H,4-5H2,1-3H3/i3D3,4D2,5D2,6D. The lowest BCUT2D eigenvalue weighted by Crippen LogP contribution is -2.25. The van der Waals surface area contributed by atoms with E-state index in [0.29, 0.717) is 4.90 Å². The Kier molecular flexibility index (Phi) is 1.04. The molecule has 0 bridgehead atoms. The van der Waals surface area contributed by atoms with Crippen molar-refractivity contribution >= 4 is 11.6 Å². The molecule has 5 heteroatoms. The van der Waals surface area contributed by atoms with Gasteiger partial charge >= 0.3 is 0 Å². The maximum absolute atomic E-state index is 8.13. The van der Waals surface area contributed by atoms with Gasteiger partial charge in [-0.05, 0) is 20.7 Å². The van der Waals surface area contributed by atoms with Gasteiger partial charge in [0.1, 0.15) is 12.1 Å². The fourth-order valence-electron chi connectivity index (χ4n) is 1.22. The minimum absolute atomic E-state index is 0.152. The fraction of sp³-hybridized carbons (Fsp3) is 0.500. The number of anilines is 1. The molecule has 0 radical (unpaired) electrons. The smallest absolute Gasteiger partial charge is 0.254 e. The third-order valence-corrected chi connectivity index (χ3v) is 1.83. The Balaban J connectivity index is 2.91. The predicted octanol–water partition coefficient (Wildman–Crippen LogP) is 1.28. The van der Waals surface area contributed by atoms with Crippen LogP contribution >= 0.6 is 0 Å². The molecule has 0 amide bonds. The number of aromatic nitrogens is 4. The third-order valence-electron chi connectivity index (χ3n) is 1.83. The molecule has 2 heterocycles. The van der Waals surface area contributed by atoms with E-state index >= 15 is 0 Å². The predicted molar refractivity (Wildman–Crippen MR) is 59.1 cm³/mol. The first-order valence-corrected chi connectivity index (χ1v) is 4.26. The molecule has 80 valence electrons. The Morgan fingerprint density at radius 2 is 2.40 bits per heavy atom. The zero-order valence-corrected chi connectivity index (χ0v) is 8.31. The van der Waals surface area contributed by atoms with E-state index in [2.05, 4.69) is 15.1 Å². The highest BCUT2D eigenvalue weighted by molar-refractivity contribution is 5.46. The highest BCUT2D eigenvalue weighted by atomic mass is 15.4. The zero-order valence-electron chi connectivity index (χ0n) is 16.3. The molecule has 2 rings (SSSR count). The van der Waals surface area contributed by atoms with Crippen LogP contribution in [-0.2, 0) is 0 Å². The minimum Gasteiger partial charge on any atom is -0.357 e. The van der Waals surface area contributed by atoms with Crippen molar-refractivity contribution in [2.75, 3.05) is 17.9 Å². The quantitative estimate of drug-likeness (QED) is 0.770. The molecule has 2 aromatic rings. The Labute approximate surface area is 100 Å². The van der Waals surface area contributed by atoms with Gasteiger partial charge in [-0.2, -0.15) is 14.6 Å². The summed E-state index contributed by atoms with van der Waals surface area (Å²) in [5.41, 5.74) is -0.591. The Bertz CT molecular complexity index is 712. The topological polar surface area (TPSA) is 46.3 Å². The van der Waals surface area contributed by atoms with E-state index in [9.17, 15) is 0 Å². The van der Waals surface area contributed by atoms with Crippen LogP contribution in [0.3, 0.4) is 0 Å². The third kappa shape index (κ3) is 1.65. The van der Waals surface area contributed by atoms with Gasteiger partial charge in [0.25, 0.3) is 5.78 Å². The zero-order chi connectivity index (χ0) is 17.8. The van der Waals surface area contributed by atoms with Crippen molar-refractivity contribution in [3.05, 3.63) is 18.1 Å². The summed E-state index contributed by atoms with van der Waals surface area (Å²) in [4.78, 5) is 8.21. The van der Waals surface area contributed by atoms with Crippen LogP contribution in [0.4, 0.5) is 5.82 Å². The van der Waals surface area contributed by atoms with Crippen LogP contribution in [0.5, 0.6) is 0 Å². The number of hydrogen-bond acceptors (Lipinski definition) is 4. The monoisotopic (exact) mass is 213 g/mol. The lowest BCUT2D eigenvalue weighted by Gasteiger charge is -2.21. The van der Waals surface area contributed by atoms with E-state index < -0.39 is 31.6 Å². The molecular formula is C10H15N5. The number of nitrogens with zero attached hydrogens (tertiary/aromatic N) is 5. The van der Waals surface area contributed by atoms with Gasteiger partial charge in [0.05, 0.1) is 1.37 Å². The van der Waals surface area contributed by atoms with Crippen LogP contribution in [0, 0.1) is 6.85 Å². The molecule has 2 aromatic heterocycles. The normalized spacial score (nSPS) is 21.5. The van der Waals surface area contributed by atoms with E-state index in [1.807, 2.05) is 0 Å². The molecule has 5 nitrogen and oxygen atoms in total. The molecule has 0 unspecified atom stereocenters. The van der Waals surface area contributed by atoms with Crippen molar-refractivity contribution in [3.8, 4) is 0 Å². The van der Waals surface area contributed by atoms with Crippen LogP contribution in [0.15, 0.2) is 12.4 Å². The van der Waals surface area contributed by atoms with E-state index in [4.69, 9.17) is 11.0 Å². The number of fused-ring (bicyclic) bond motifs is 1. The van der Waals surface area contributed by atoms with Crippen molar-refractivity contribution in [2.24, 2.45) is 0 Å². The average Bonchev–Trinajstić information content (AvgIpc) is 2.75. The molecule has 0 spiro atoms. The van der Waals surface area contributed by atoms with Gasteiger partial charge in [-0.1, -0.05) is 0 Å². The van der Waals surface area contributed by atoms with E-state index in [1.54, 1.807) is 0 Å². The fourth-order valence-corrected chi connectivity index (χ4v) is 1.22. The van der Waals surface area contributed by atoms with Crippen molar-refractivity contribution in [1.82, 2.24) is 19.6 Å². The first-order chi connectivity index (χ1) is 10.2. The van der Waals surface area contributed by atoms with Gasteiger partial charge in [0.2, 0.25) is 0 Å². The van der Waals surface area contributed by atoms with Gasteiger partial charge in [-0.25, -0.2) is 4.98 Å². The molecule has 15 heavy (non-hydrogen) atoms. The summed E-state index contributed by atoms with van der Waals surface area (Å²) in [5, 5.41) is 3.81. The van der Waals surface area contributed by atoms with Gasteiger partial charge < -0.3 is 4.90 Å². The summed E-state index contributed by atoms with van der Waals surface area (Å²) >= 11 is 0.